The molecule has 0 aliphatic rings. The van der Waals surface area contributed by atoms with Crippen molar-refractivity contribution in [3.63, 3.8) is 0 Å². The van der Waals surface area contributed by atoms with Gasteiger partial charge in [0.15, 0.2) is 16.6 Å². The SMILES string of the molecule is CCC(CO)(CO)OCCCC[Si](C)(O[Si](C)(C)C)O[Si](C)(C)C. The molecule has 0 spiro atoms. The zero-order valence-corrected chi connectivity index (χ0v) is 20.1. The number of hydrogen-bond donors (Lipinski definition) is 2. The van der Waals surface area contributed by atoms with Crippen molar-refractivity contribution < 1.29 is 23.2 Å². The highest BCUT2D eigenvalue weighted by Crippen LogP contribution is 2.26. The molecule has 0 radical (unpaired) electrons. The molecule has 0 amide bonds. The average molecular weight is 397 g/mol. The summed E-state index contributed by atoms with van der Waals surface area (Å²) in [6, 6.07) is 0.961. The van der Waals surface area contributed by atoms with E-state index in [0.29, 0.717) is 13.0 Å². The predicted octanol–water partition coefficient (Wildman–Crippen LogP) is 3.69. The van der Waals surface area contributed by atoms with Crippen LogP contribution in [0.1, 0.15) is 26.2 Å². The van der Waals surface area contributed by atoms with Crippen molar-refractivity contribution >= 4 is 25.2 Å². The molecular formula is C16H40O5Si3. The van der Waals surface area contributed by atoms with Gasteiger partial charge < -0.3 is 23.2 Å². The molecule has 0 unspecified atom stereocenters. The number of unbranched alkanes of at least 4 members (excludes halogenated alkanes) is 1. The van der Waals surface area contributed by atoms with Gasteiger partial charge in [0.1, 0.15) is 5.60 Å². The van der Waals surface area contributed by atoms with Gasteiger partial charge in [0.25, 0.3) is 0 Å². The molecule has 0 aliphatic carbocycles. The molecule has 5 nitrogen and oxygen atoms in total. The van der Waals surface area contributed by atoms with Gasteiger partial charge in [-0.2, -0.15) is 0 Å². The number of ether oxygens (including phenoxy) is 1. The van der Waals surface area contributed by atoms with Gasteiger partial charge >= 0.3 is 8.56 Å². The number of aliphatic hydroxyl groups excluding tert-OH is 2. The second-order valence-corrected chi connectivity index (χ2v) is 21.6. The van der Waals surface area contributed by atoms with Crippen molar-refractivity contribution in [1.29, 1.82) is 0 Å². The average Bonchev–Trinajstić information content (AvgIpc) is 2.39. The maximum Gasteiger partial charge on any atom is 0.314 e. The minimum atomic E-state index is -2.17. The Balaban J connectivity index is 4.53. The maximum absolute atomic E-state index is 9.41. The van der Waals surface area contributed by atoms with Crippen LogP contribution in [0.2, 0.25) is 51.9 Å². The van der Waals surface area contributed by atoms with Gasteiger partial charge in [0.05, 0.1) is 13.2 Å². The molecule has 0 aromatic rings. The second kappa shape index (κ2) is 9.96. The highest BCUT2D eigenvalue weighted by Gasteiger charge is 2.39. The Morgan fingerprint density at radius 3 is 1.58 bits per heavy atom. The first-order chi connectivity index (χ1) is 10.8. The summed E-state index contributed by atoms with van der Waals surface area (Å²) in [6.07, 6.45) is 2.47. The Bertz CT molecular complexity index is 324. The summed E-state index contributed by atoms with van der Waals surface area (Å²) in [5.74, 6) is 0. The van der Waals surface area contributed by atoms with Crippen LogP contribution in [0.3, 0.4) is 0 Å². The molecule has 0 saturated carbocycles. The quantitative estimate of drug-likeness (QED) is 0.367. The van der Waals surface area contributed by atoms with E-state index in [0.717, 1.165) is 18.9 Å². The number of rotatable bonds is 13. The first-order valence-electron chi connectivity index (χ1n) is 9.06. The van der Waals surface area contributed by atoms with E-state index >= 15 is 0 Å². The third kappa shape index (κ3) is 10.4. The summed E-state index contributed by atoms with van der Waals surface area (Å²) in [5.41, 5.74) is -0.801. The summed E-state index contributed by atoms with van der Waals surface area (Å²) in [5, 5.41) is 18.8. The third-order valence-electron chi connectivity index (χ3n) is 3.70. The lowest BCUT2D eigenvalue weighted by Gasteiger charge is -2.38. The molecule has 0 atom stereocenters. The van der Waals surface area contributed by atoms with E-state index in [-0.39, 0.29) is 13.2 Å². The van der Waals surface area contributed by atoms with E-state index < -0.39 is 30.8 Å². The minimum Gasteiger partial charge on any atom is -0.437 e. The fourth-order valence-electron chi connectivity index (χ4n) is 2.72. The van der Waals surface area contributed by atoms with Gasteiger partial charge in [-0.15, -0.1) is 0 Å². The molecule has 0 aromatic heterocycles. The highest BCUT2D eigenvalue weighted by atomic mass is 28.5. The minimum absolute atomic E-state index is 0.149. The van der Waals surface area contributed by atoms with Crippen LogP contribution in [0, 0.1) is 0 Å². The molecule has 0 fully saturated rings. The Labute approximate surface area is 152 Å². The van der Waals surface area contributed by atoms with E-state index in [1.165, 1.54) is 0 Å². The van der Waals surface area contributed by atoms with Crippen LogP contribution in [-0.2, 0) is 13.0 Å². The topological polar surface area (TPSA) is 68.2 Å². The molecule has 0 saturated heterocycles. The standard InChI is InChI=1S/C16H40O5Si3/c1-9-16(14-17,15-18)19-12-10-11-13-24(8,20-22(2,3)4)21-23(5,6)7/h17-18H,9-15H2,1-8H3. The van der Waals surface area contributed by atoms with E-state index in [1.807, 2.05) is 6.92 Å². The summed E-state index contributed by atoms with van der Waals surface area (Å²) < 4.78 is 18.7. The normalized spacial score (nSPS) is 14.2. The molecule has 0 aliphatic heterocycles. The van der Waals surface area contributed by atoms with Crippen molar-refractivity contribution in [2.75, 3.05) is 19.8 Å². The lowest BCUT2D eigenvalue weighted by atomic mass is 10.0. The Morgan fingerprint density at radius 1 is 0.792 bits per heavy atom. The van der Waals surface area contributed by atoms with E-state index in [1.54, 1.807) is 0 Å². The predicted molar refractivity (Wildman–Crippen MR) is 108 cm³/mol. The van der Waals surface area contributed by atoms with E-state index in [9.17, 15) is 10.2 Å². The number of aliphatic hydroxyl groups is 2. The third-order valence-corrected chi connectivity index (χ3v) is 13.3. The Morgan fingerprint density at radius 2 is 1.25 bits per heavy atom. The van der Waals surface area contributed by atoms with Gasteiger partial charge in [-0.3, -0.25) is 0 Å². The van der Waals surface area contributed by atoms with Gasteiger partial charge in [-0.1, -0.05) is 6.92 Å². The zero-order valence-electron chi connectivity index (χ0n) is 17.1. The monoisotopic (exact) mass is 396 g/mol. The zero-order chi connectivity index (χ0) is 19.1. The van der Waals surface area contributed by atoms with Crippen molar-refractivity contribution in [3.8, 4) is 0 Å². The van der Waals surface area contributed by atoms with Gasteiger partial charge in [0.2, 0.25) is 0 Å². The van der Waals surface area contributed by atoms with Crippen LogP contribution < -0.4 is 0 Å². The Kier molecular flexibility index (Phi) is 10.1. The smallest absolute Gasteiger partial charge is 0.314 e. The van der Waals surface area contributed by atoms with Gasteiger partial charge in [0, 0.05) is 6.61 Å². The highest BCUT2D eigenvalue weighted by molar-refractivity contribution is 6.87. The molecule has 0 bridgehead atoms. The molecule has 24 heavy (non-hydrogen) atoms. The largest absolute Gasteiger partial charge is 0.437 e. The van der Waals surface area contributed by atoms with Crippen molar-refractivity contribution in [3.05, 3.63) is 0 Å². The lowest BCUT2D eigenvalue weighted by Crippen LogP contribution is -2.52. The van der Waals surface area contributed by atoms with E-state index in [4.69, 9.17) is 13.0 Å². The molecule has 2 N–H and O–H groups in total. The lowest BCUT2D eigenvalue weighted by molar-refractivity contribution is -0.111. The van der Waals surface area contributed by atoms with Crippen LogP contribution in [0.25, 0.3) is 0 Å². The van der Waals surface area contributed by atoms with E-state index in [2.05, 4.69) is 45.8 Å². The van der Waals surface area contributed by atoms with Crippen LogP contribution >= 0.6 is 0 Å². The van der Waals surface area contributed by atoms with Crippen LogP contribution in [0.4, 0.5) is 0 Å². The fraction of sp³-hybridized carbons (Fsp3) is 1.00. The van der Waals surface area contributed by atoms with Crippen molar-refractivity contribution in [1.82, 2.24) is 0 Å². The molecule has 0 rings (SSSR count). The molecule has 8 heteroatoms. The van der Waals surface area contributed by atoms with Gasteiger partial charge in [-0.25, -0.2) is 0 Å². The first kappa shape index (κ1) is 24.5. The van der Waals surface area contributed by atoms with Gasteiger partial charge in [-0.05, 0) is 71.1 Å². The van der Waals surface area contributed by atoms with Crippen molar-refractivity contribution in [2.45, 2.75) is 83.7 Å². The summed E-state index contributed by atoms with van der Waals surface area (Å²) in [4.78, 5) is 0. The molecular weight excluding hydrogens is 356 g/mol. The fourth-order valence-corrected chi connectivity index (χ4v) is 15.3. The Hall–Kier alpha value is 0.451. The summed E-state index contributed by atoms with van der Waals surface area (Å²) in [6.45, 7) is 17.6. The number of hydrogen-bond acceptors (Lipinski definition) is 5. The molecule has 146 valence electrons. The summed E-state index contributed by atoms with van der Waals surface area (Å²) >= 11 is 0. The maximum atomic E-state index is 9.41. The first-order valence-corrected chi connectivity index (χ1v) is 18.4. The molecule has 0 aromatic carbocycles. The van der Waals surface area contributed by atoms with Crippen LogP contribution in [-0.4, -0.2) is 60.8 Å². The second-order valence-electron chi connectivity index (χ2n) is 8.72. The molecule has 0 heterocycles. The van der Waals surface area contributed by atoms with Crippen LogP contribution in [0.5, 0.6) is 0 Å². The summed E-state index contributed by atoms with van der Waals surface area (Å²) in [7, 11) is -5.47. The van der Waals surface area contributed by atoms with Crippen molar-refractivity contribution in [2.24, 2.45) is 0 Å². The van der Waals surface area contributed by atoms with Crippen LogP contribution in [0.15, 0.2) is 0 Å².